The molecule has 34 heavy (non-hydrogen) atoms. The molecule has 6 rings (SSSR count). The fraction of sp³-hybridized carbons (Fsp3) is 0.346. The second-order valence-corrected chi connectivity index (χ2v) is 9.48. The molecule has 1 aliphatic heterocycles. The van der Waals surface area contributed by atoms with E-state index in [9.17, 15) is 4.79 Å². The molecular weight excluding hydrogens is 431 g/mol. The molecule has 4 aromatic rings. The van der Waals surface area contributed by atoms with Crippen molar-refractivity contribution >= 4 is 22.7 Å². The fourth-order valence-corrected chi connectivity index (χ4v) is 4.85. The normalized spacial score (nSPS) is 15.6. The predicted octanol–water partition coefficient (Wildman–Crippen LogP) is 4.57. The molecule has 174 valence electrons. The topological polar surface area (TPSA) is 76.8 Å². The summed E-state index contributed by atoms with van der Waals surface area (Å²) in [7, 11) is 0. The summed E-state index contributed by atoms with van der Waals surface area (Å²) in [4.78, 5) is 22.3. The van der Waals surface area contributed by atoms with Gasteiger partial charge >= 0.3 is 0 Å². The Morgan fingerprint density at radius 3 is 2.82 bits per heavy atom. The number of hydrogen-bond acceptors (Lipinski definition) is 5. The molecule has 2 aliphatic rings. The molecule has 0 bridgehead atoms. The van der Waals surface area contributed by atoms with Gasteiger partial charge in [-0.2, -0.15) is 4.98 Å². The van der Waals surface area contributed by atoms with Gasteiger partial charge in [0.15, 0.2) is 11.5 Å². The molecule has 0 saturated heterocycles. The van der Waals surface area contributed by atoms with Crippen molar-refractivity contribution in [1.29, 1.82) is 0 Å². The second-order valence-electron chi connectivity index (χ2n) is 9.48. The molecule has 1 saturated carbocycles. The minimum Gasteiger partial charge on any atom is -0.324 e. The average Bonchev–Trinajstić information content (AvgIpc) is 3.63. The van der Waals surface area contributed by atoms with E-state index in [0.29, 0.717) is 28.2 Å². The Labute approximate surface area is 196 Å². The van der Waals surface area contributed by atoms with Gasteiger partial charge in [-0.05, 0) is 80.5 Å². The number of fused-ring (bicyclic) bond motifs is 2. The largest absolute Gasteiger partial charge is 0.324 e. The molecule has 1 fully saturated rings. The van der Waals surface area contributed by atoms with E-state index >= 15 is 4.39 Å². The Bertz CT molecular complexity index is 1470. The SMILES string of the molecule is CC(C)n1c(=O)c2cnc(Nc3ccc4c(c3)CNCC4)nc2n1-c1cccc(C2CC2)c1F. The molecule has 0 spiro atoms. The molecule has 2 aromatic heterocycles. The number of halogens is 1. The van der Waals surface area contributed by atoms with Crippen LogP contribution in [-0.4, -0.2) is 25.9 Å². The Kier molecular flexibility index (Phi) is 4.99. The minimum absolute atomic E-state index is 0.185. The highest BCUT2D eigenvalue weighted by molar-refractivity contribution is 5.77. The van der Waals surface area contributed by atoms with Crippen LogP contribution in [0.25, 0.3) is 16.7 Å². The number of aromatic nitrogens is 4. The van der Waals surface area contributed by atoms with Crippen LogP contribution >= 0.6 is 0 Å². The Balaban J connectivity index is 1.48. The smallest absolute Gasteiger partial charge is 0.278 e. The lowest BCUT2D eigenvalue weighted by Gasteiger charge is -2.18. The van der Waals surface area contributed by atoms with Gasteiger partial charge in [-0.3, -0.25) is 4.79 Å². The van der Waals surface area contributed by atoms with Gasteiger partial charge < -0.3 is 10.6 Å². The van der Waals surface area contributed by atoms with Crippen LogP contribution in [-0.2, 0) is 13.0 Å². The first-order valence-electron chi connectivity index (χ1n) is 11.9. The third-order valence-electron chi connectivity index (χ3n) is 6.71. The summed E-state index contributed by atoms with van der Waals surface area (Å²) in [6.45, 7) is 5.64. The Morgan fingerprint density at radius 1 is 1.18 bits per heavy atom. The number of nitrogens with one attached hydrogen (secondary N) is 2. The third kappa shape index (κ3) is 3.49. The van der Waals surface area contributed by atoms with Crippen LogP contribution in [0.3, 0.4) is 0 Å². The molecule has 2 aromatic carbocycles. The summed E-state index contributed by atoms with van der Waals surface area (Å²) in [6.07, 6.45) is 4.54. The van der Waals surface area contributed by atoms with Crippen LogP contribution in [0.4, 0.5) is 16.0 Å². The maximum atomic E-state index is 15.6. The van der Waals surface area contributed by atoms with E-state index in [4.69, 9.17) is 4.98 Å². The van der Waals surface area contributed by atoms with Crippen LogP contribution in [0.2, 0.25) is 0 Å². The molecule has 3 heterocycles. The lowest BCUT2D eigenvalue weighted by Crippen LogP contribution is -2.24. The zero-order chi connectivity index (χ0) is 23.4. The molecule has 2 N–H and O–H groups in total. The number of nitrogens with zero attached hydrogens (tertiary/aromatic N) is 4. The first-order chi connectivity index (χ1) is 16.5. The van der Waals surface area contributed by atoms with E-state index in [1.165, 1.54) is 17.3 Å². The third-order valence-corrected chi connectivity index (χ3v) is 6.71. The summed E-state index contributed by atoms with van der Waals surface area (Å²) < 4.78 is 18.8. The highest BCUT2D eigenvalue weighted by atomic mass is 19.1. The maximum Gasteiger partial charge on any atom is 0.278 e. The molecule has 0 amide bonds. The van der Waals surface area contributed by atoms with Gasteiger partial charge in [0.05, 0.1) is 0 Å². The zero-order valence-corrected chi connectivity index (χ0v) is 19.3. The van der Waals surface area contributed by atoms with Crippen molar-refractivity contribution in [2.24, 2.45) is 0 Å². The maximum absolute atomic E-state index is 15.6. The lowest BCUT2D eigenvalue weighted by atomic mass is 10.0. The van der Waals surface area contributed by atoms with E-state index in [2.05, 4.69) is 27.8 Å². The monoisotopic (exact) mass is 458 g/mol. The highest BCUT2D eigenvalue weighted by Crippen LogP contribution is 2.42. The van der Waals surface area contributed by atoms with Crippen molar-refractivity contribution in [3.05, 3.63) is 75.5 Å². The summed E-state index contributed by atoms with van der Waals surface area (Å²) in [5, 5.41) is 7.02. The second kappa shape index (κ2) is 8.06. The molecular formula is C26H27FN6O. The Morgan fingerprint density at radius 2 is 2.03 bits per heavy atom. The van der Waals surface area contributed by atoms with E-state index < -0.39 is 0 Å². The van der Waals surface area contributed by atoms with E-state index in [0.717, 1.165) is 38.0 Å². The van der Waals surface area contributed by atoms with Crippen LogP contribution in [0.5, 0.6) is 0 Å². The van der Waals surface area contributed by atoms with Gasteiger partial charge in [0.2, 0.25) is 5.95 Å². The molecule has 0 radical (unpaired) electrons. The minimum atomic E-state index is -0.286. The van der Waals surface area contributed by atoms with Crippen molar-refractivity contribution in [2.45, 2.75) is 51.6 Å². The predicted molar refractivity (Wildman–Crippen MR) is 131 cm³/mol. The first-order valence-corrected chi connectivity index (χ1v) is 11.9. The molecule has 0 atom stereocenters. The van der Waals surface area contributed by atoms with Crippen molar-refractivity contribution in [2.75, 3.05) is 11.9 Å². The fourth-order valence-electron chi connectivity index (χ4n) is 4.85. The number of benzene rings is 2. The van der Waals surface area contributed by atoms with Crippen LogP contribution in [0, 0.1) is 5.82 Å². The van der Waals surface area contributed by atoms with Crippen LogP contribution < -0.4 is 16.2 Å². The number of anilines is 2. The standard InChI is InChI=1S/C26H27FN6O/c1-15(2)32-25(34)21-14-29-26(30-19-9-8-16-10-11-28-13-18(16)12-19)31-24(21)33(32)22-5-3-4-20(23(22)27)17-6-7-17/h3-5,8-9,12,14-15,17,28H,6-7,10-11,13H2,1-2H3,(H,29,30,31). The lowest BCUT2D eigenvalue weighted by molar-refractivity contribution is 0.465. The van der Waals surface area contributed by atoms with Crippen molar-refractivity contribution in [3.8, 4) is 5.69 Å². The zero-order valence-electron chi connectivity index (χ0n) is 19.3. The van der Waals surface area contributed by atoms with Gasteiger partial charge in [0.25, 0.3) is 5.56 Å². The summed E-state index contributed by atoms with van der Waals surface area (Å²) in [6, 6.07) is 11.5. The first kappa shape index (κ1) is 21.0. The van der Waals surface area contributed by atoms with E-state index in [1.807, 2.05) is 32.0 Å². The van der Waals surface area contributed by atoms with Gasteiger partial charge in [0.1, 0.15) is 11.1 Å². The summed E-state index contributed by atoms with van der Waals surface area (Å²) in [5.41, 5.74) is 4.68. The molecule has 1 aliphatic carbocycles. The number of rotatable bonds is 5. The summed E-state index contributed by atoms with van der Waals surface area (Å²) >= 11 is 0. The van der Waals surface area contributed by atoms with Crippen molar-refractivity contribution < 1.29 is 4.39 Å². The van der Waals surface area contributed by atoms with Gasteiger partial charge in [0, 0.05) is 24.5 Å². The number of hydrogen-bond donors (Lipinski definition) is 2. The van der Waals surface area contributed by atoms with Gasteiger partial charge in [-0.15, -0.1) is 0 Å². The molecule has 8 heteroatoms. The average molecular weight is 459 g/mol. The van der Waals surface area contributed by atoms with Crippen LogP contribution in [0.1, 0.15) is 55.3 Å². The quantitative estimate of drug-likeness (QED) is 0.458. The highest BCUT2D eigenvalue weighted by Gasteiger charge is 2.29. The van der Waals surface area contributed by atoms with Gasteiger partial charge in [-0.1, -0.05) is 18.2 Å². The van der Waals surface area contributed by atoms with Gasteiger partial charge in [-0.25, -0.2) is 18.7 Å². The molecule has 7 nitrogen and oxygen atoms in total. The molecule has 0 unspecified atom stereocenters. The van der Waals surface area contributed by atoms with Crippen molar-refractivity contribution in [3.63, 3.8) is 0 Å². The Hall–Kier alpha value is -3.52. The summed E-state index contributed by atoms with van der Waals surface area (Å²) in [5.74, 6) is 0.336. The van der Waals surface area contributed by atoms with Crippen molar-refractivity contribution in [1.82, 2.24) is 24.6 Å². The van der Waals surface area contributed by atoms with E-state index in [-0.39, 0.29) is 23.3 Å². The van der Waals surface area contributed by atoms with Crippen LogP contribution in [0.15, 0.2) is 47.4 Å². The van der Waals surface area contributed by atoms with E-state index in [1.54, 1.807) is 15.4 Å².